The molecule has 0 bridgehead atoms. The van der Waals surface area contributed by atoms with Crippen LogP contribution in [0.25, 0.3) is 11.0 Å². The highest BCUT2D eigenvalue weighted by Crippen LogP contribution is 2.34. The molecule has 3 aromatic carbocycles. The molecule has 0 saturated carbocycles. The summed E-state index contributed by atoms with van der Waals surface area (Å²) in [5.41, 5.74) is 4.73. The van der Waals surface area contributed by atoms with E-state index in [0.717, 1.165) is 45.2 Å². The minimum atomic E-state index is -0.741. The van der Waals surface area contributed by atoms with E-state index < -0.39 is 6.10 Å². The molecule has 1 N–H and O–H groups in total. The number of amides is 1. The van der Waals surface area contributed by atoms with Crippen LogP contribution in [0.15, 0.2) is 66.7 Å². The van der Waals surface area contributed by atoms with Gasteiger partial charge in [0, 0.05) is 24.6 Å². The molecule has 7 heteroatoms. The van der Waals surface area contributed by atoms with Crippen molar-refractivity contribution in [1.82, 2.24) is 9.55 Å². The maximum Gasteiger partial charge on any atom is 0.227 e. The average Bonchev–Trinajstić information content (AvgIpc) is 3.45. The number of hydrogen-bond donors (Lipinski definition) is 1. The monoisotopic (exact) mass is 499 g/mol. The highest BCUT2D eigenvalue weighted by Gasteiger charge is 2.35. The molecule has 1 aliphatic rings. The van der Waals surface area contributed by atoms with E-state index in [4.69, 9.17) is 14.5 Å². The molecular weight excluding hydrogens is 466 g/mol. The molecule has 1 saturated heterocycles. The van der Waals surface area contributed by atoms with Crippen molar-refractivity contribution in [1.29, 1.82) is 0 Å². The number of rotatable bonds is 9. The number of aliphatic hydroxyl groups excluding tert-OH is 1. The van der Waals surface area contributed by atoms with Crippen molar-refractivity contribution in [2.75, 3.05) is 24.7 Å². The summed E-state index contributed by atoms with van der Waals surface area (Å²) in [4.78, 5) is 19.7. The van der Waals surface area contributed by atoms with Gasteiger partial charge < -0.3 is 24.0 Å². The standard InChI is InChI=1S/C30H33N3O4/c1-4-36-25-14-12-23(13-15-25)32-17-22(16-28(32)35)30-31-26-10-5-6-11-27(26)33(30)18-24(34)19-37-29-20(2)8-7-9-21(29)3/h5-15,22,24,34H,4,16-19H2,1-3H3/t22-,24+/m1/s1. The van der Waals surface area contributed by atoms with Gasteiger partial charge in [0.15, 0.2) is 0 Å². The van der Waals surface area contributed by atoms with Gasteiger partial charge >= 0.3 is 0 Å². The first kappa shape index (κ1) is 24.8. The zero-order valence-electron chi connectivity index (χ0n) is 21.6. The lowest BCUT2D eigenvalue weighted by atomic mass is 10.1. The first-order chi connectivity index (χ1) is 17.9. The summed E-state index contributed by atoms with van der Waals surface area (Å²) in [6.45, 7) is 7.58. The molecule has 4 aromatic rings. The SMILES string of the molecule is CCOc1ccc(N2C[C@H](c3nc4ccccc4n3C[C@H](O)COc3c(C)cccc3C)CC2=O)cc1. The summed E-state index contributed by atoms with van der Waals surface area (Å²) >= 11 is 0. The minimum absolute atomic E-state index is 0.0617. The predicted octanol–water partition coefficient (Wildman–Crippen LogP) is 5.01. The summed E-state index contributed by atoms with van der Waals surface area (Å²) < 4.78 is 13.6. The molecular formula is C30H33N3O4. The smallest absolute Gasteiger partial charge is 0.227 e. The van der Waals surface area contributed by atoms with E-state index in [2.05, 4.69) is 0 Å². The fourth-order valence-electron chi connectivity index (χ4n) is 5.09. The van der Waals surface area contributed by atoms with Crippen LogP contribution in [-0.4, -0.2) is 46.4 Å². The van der Waals surface area contributed by atoms with Crippen LogP contribution in [0, 0.1) is 13.8 Å². The van der Waals surface area contributed by atoms with E-state index >= 15 is 0 Å². The van der Waals surface area contributed by atoms with Crippen molar-refractivity contribution in [3.05, 3.63) is 83.7 Å². The molecule has 1 amide bonds. The van der Waals surface area contributed by atoms with E-state index in [1.165, 1.54) is 0 Å². The van der Waals surface area contributed by atoms with Gasteiger partial charge in [0.1, 0.15) is 30.0 Å². The van der Waals surface area contributed by atoms with E-state index in [1.807, 2.05) is 97.0 Å². The van der Waals surface area contributed by atoms with Gasteiger partial charge in [-0.3, -0.25) is 4.79 Å². The van der Waals surface area contributed by atoms with Crippen LogP contribution in [-0.2, 0) is 11.3 Å². The number of carbonyl (C=O) groups is 1. The Morgan fingerprint density at radius 2 is 1.73 bits per heavy atom. The fourth-order valence-corrected chi connectivity index (χ4v) is 5.09. The Bertz CT molecular complexity index is 1380. The largest absolute Gasteiger partial charge is 0.494 e. The lowest BCUT2D eigenvalue weighted by Gasteiger charge is -2.20. The van der Waals surface area contributed by atoms with Gasteiger partial charge in [0.25, 0.3) is 0 Å². The Balaban J connectivity index is 1.36. The maximum absolute atomic E-state index is 13.0. The van der Waals surface area contributed by atoms with Gasteiger partial charge in [-0.15, -0.1) is 0 Å². The minimum Gasteiger partial charge on any atom is -0.494 e. The quantitative estimate of drug-likeness (QED) is 0.350. The number of ether oxygens (including phenoxy) is 2. The number of aromatic nitrogens is 2. The number of aliphatic hydroxyl groups is 1. The Labute approximate surface area is 217 Å². The third kappa shape index (κ3) is 5.18. The van der Waals surface area contributed by atoms with Crippen molar-refractivity contribution in [3.63, 3.8) is 0 Å². The average molecular weight is 500 g/mol. The summed E-state index contributed by atoms with van der Waals surface area (Å²) in [6.07, 6.45) is -0.374. The van der Waals surface area contributed by atoms with E-state index in [0.29, 0.717) is 26.1 Å². The topological polar surface area (TPSA) is 76.8 Å². The molecule has 2 heterocycles. The van der Waals surface area contributed by atoms with Crippen LogP contribution < -0.4 is 14.4 Å². The molecule has 192 valence electrons. The Hall–Kier alpha value is -3.84. The third-order valence-electron chi connectivity index (χ3n) is 6.86. The number of carbonyl (C=O) groups excluding carboxylic acids is 1. The Kier molecular flexibility index (Phi) is 7.15. The molecule has 0 radical (unpaired) electrons. The van der Waals surface area contributed by atoms with Gasteiger partial charge in [0.05, 0.1) is 24.2 Å². The molecule has 1 aliphatic heterocycles. The molecule has 0 aliphatic carbocycles. The van der Waals surface area contributed by atoms with Gasteiger partial charge in [-0.2, -0.15) is 0 Å². The lowest BCUT2D eigenvalue weighted by Crippen LogP contribution is -2.26. The molecule has 37 heavy (non-hydrogen) atoms. The van der Waals surface area contributed by atoms with E-state index in [-0.39, 0.29) is 18.4 Å². The second kappa shape index (κ2) is 10.6. The van der Waals surface area contributed by atoms with Gasteiger partial charge in [-0.05, 0) is 68.3 Å². The summed E-state index contributed by atoms with van der Waals surface area (Å²) in [5.74, 6) is 2.39. The third-order valence-corrected chi connectivity index (χ3v) is 6.86. The number of imidazole rings is 1. The second-order valence-electron chi connectivity index (χ2n) is 9.59. The zero-order valence-corrected chi connectivity index (χ0v) is 21.6. The summed E-state index contributed by atoms with van der Waals surface area (Å²) in [6, 6.07) is 21.5. The van der Waals surface area contributed by atoms with Crippen LogP contribution in [0.3, 0.4) is 0 Å². The molecule has 2 atom stereocenters. The number of nitrogens with zero attached hydrogens (tertiary/aromatic N) is 3. The zero-order chi connectivity index (χ0) is 25.9. The Morgan fingerprint density at radius 1 is 1.00 bits per heavy atom. The van der Waals surface area contributed by atoms with Crippen LogP contribution >= 0.6 is 0 Å². The van der Waals surface area contributed by atoms with Crippen molar-refractivity contribution in [2.45, 2.75) is 45.8 Å². The van der Waals surface area contributed by atoms with Crippen LogP contribution in [0.5, 0.6) is 11.5 Å². The molecule has 0 spiro atoms. The van der Waals surface area contributed by atoms with Crippen LogP contribution in [0.4, 0.5) is 5.69 Å². The maximum atomic E-state index is 13.0. The predicted molar refractivity (Wildman–Crippen MR) is 144 cm³/mol. The number of aryl methyl sites for hydroxylation is 2. The number of fused-ring (bicyclic) bond motifs is 1. The number of para-hydroxylation sites is 3. The molecule has 1 aromatic heterocycles. The van der Waals surface area contributed by atoms with Crippen molar-refractivity contribution < 1.29 is 19.4 Å². The normalized spacial score (nSPS) is 16.4. The van der Waals surface area contributed by atoms with Gasteiger partial charge in [-0.25, -0.2) is 4.98 Å². The lowest BCUT2D eigenvalue weighted by molar-refractivity contribution is -0.117. The first-order valence-electron chi connectivity index (χ1n) is 12.8. The molecule has 7 nitrogen and oxygen atoms in total. The highest BCUT2D eigenvalue weighted by molar-refractivity contribution is 5.96. The van der Waals surface area contributed by atoms with Crippen molar-refractivity contribution in [2.24, 2.45) is 0 Å². The number of hydrogen-bond acceptors (Lipinski definition) is 5. The molecule has 5 rings (SSSR count). The molecule has 1 fully saturated rings. The number of anilines is 1. The van der Waals surface area contributed by atoms with E-state index in [9.17, 15) is 9.90 Å². The van der Waals surface area contributed by atoms with Crippen LogP contribution in [0.1, 0.15) is 36.2 Å². The summed E-state index contributed by atoms with van der Waals surface area (Å²) in [5, 5.41) is 11.0. The second-order valence-corrected chi connectivity index (χ2v) is 9.59. The highest BCUT2D eigenvalue weighted by atomic mass is 16.5. The van der Waals surface area contributed by atoms with Gasteiger partial charge in [-0.1, -0.05) is 30.3 Å². The van der Waals surface area contributed by atoms with Crippen LogP contribution in [0.2, 0.25) is 0 Å². The van der Waals surface area contributed by atoms with E-state index in [1.54, 1.807) is 0 Å². The van der Waals surface area contributed by atoms with Crippen molar-refractivity contribution >= 4 is 22.6 Å². The fraction of sp³-hybridized carbons (Fsp3) is 0.333. The number of benzene rings is 3. The van der Waals surface area contributed by atoms with Crippen molar-refractivity contribution in [3.8, 4) is 11.5 Å². The van der Waals surface area contributed by atoms with Gasteiger partial charge in [0.2, 0.25) is 5.91 Å². The molecule has 0 unspecified atom stereocenters. The Morgan fingerprint density at radius 3 is 2.46 bits per heavy atom. The first-order valence-corrected chi connectivity index (χ1v) is 12.8. The summed E-state index contributed by atoms with van der Waals surface area (Å²) in [7, 11) is 0.